The zero-order valence-corrected chi connectivity index (χ0v) is 18.2. The molecule has 0 radical (unpaired) electrons. The van der Waals surface area contributed by atoms with Gasteiger partial charge in [-0.05, 0) is 51.1 Å². The molecule has 0 spiro atoms. The Kier molecular flexibility index (Phi) is 5.42. The van der Waals surface area contributed by atoms with Crippen molar-refractivity contribution in [1.29, 1.82) is 0 Å². The highest BCUT2D eigenvalue weighted by atomic mass is 16.6. The first-order chi connectivity index (χ1) is 14.9. The summed E-state index contributed by atoms with van der Waals surface area (Å²) in [7, 11) is 1.63. The first kappa shape index (κ1) is 20.5. The lowest BCUT2D eigenvalue weighted by atomic mass is 10.1. The molecule has 0 atom stereocenters. The maximum Gasteiger partial charge on any atom is 0.434 e. The Bertz CT molecular complexity index is 1190. The molecule has 4 aromatic rings. The summed E-state index contributed by atoms with van der Waals surface area (Å²) in [6.45, 7) is 5.59. The van der Waals surface area contributed by atoms with E-state index in [1.807, 2.05) is 104 Å². The number of fused-ring (bicyclic) bond motifs is 1. The van der Waals surface area contributed by atoms with Crippen LogP contribution >= 0.6 is 0 Å². The Morgan fingerprint density at radius 2 is 1.52 bits per heavy atom. The number of rotatable bonds is 4. The van der Waals surface area contributed by atoms with Crippen molar-refractivity contribution in [2.24, 2.45) is 0 Å². The summed E-state index contributed by atoms with van der Waals surface area (Å²) in [5.74, 6) is 0.712. The number of methoxy groups -OCH3 is 1. The van der Waals surface area contributed by atoms with Crippen LogP contribution in [-0.4, -0.2) is 23.5 Å². The largest absolute Gasteiger partial charge is 0.497 e. The van der Waals surface area contributed by atoms with Gasteiger partial charge in [-0.15, -0.1) is 0 Å². The van der Waals surface area contributed by atoms with Gasteiger partial charge in [0.2, 0.25) is 0 Å². The summed E-state index contributed by atoms with van der Waals surface area (Å²) in [4.78, 5) is 13.5. The summed E-state index contributed by atoms with van der Waals surface area (Å²) in [6.07, 6.45) is -0.462. The van der Waals surface area contributed by atoms with Crippen LogP contribution in [0.4, 0.5) is 10.5 Å². The maximum absolute atomic E-state index is 13.5. The molecule has 31 heavy (non-hydrogen) atoms. The summed E-state index contributed by atoms with van der Waals surface area (Å²) >= 11 is 0. The van der Waals surface area contributed by atoms with Crippen LogP contribution in [0.25, 0.3) is 22.2 Å². The van der Waals surface area contributed by atoms with Crippen molar-refractivity contribution in [3.05, 3.63) is 84.9 Å². The van der Waals surface area contributed by atoms with Crippen LogP contribution in [0, 0.1) is 0 Å². The lowest BCUT2D eigenvalue weighted by Crippen LogP contribution is -2.40. The van der Waals surface area contributed by atoms with E-state index in [1.165, 1.54) is 0 Å². The fourth-order valence-corrected chi connectivity index (χ4v) is 3.50. The van der Waals surface area contributed by atoms with E-state index in [9.17, 15) is 4.79 Å². The van der Waals surface area contributed by atoms with Crippen molar-refractivity contribution >= 4 is 22.7 Å². The maximum atomic E-state index is 13.5. The third kappa shape index (κ3) is 4.26. The molecule has 4 rings (SSSR count). The van der Waals surface area contributed by atoms with Gasteiger partial charge in [-0.1, -0.05) is 48.5 Å². The molecule has 0 N–H and O–H groups in total. The van der Waals surface area contributed by atoms with Gasteiger partial charge in [0.1, 0.15) is 11.4 Å². The highest BCUT2D eigenvalue weighted by molar-refractivity contribution is 5.95. The fourth-order valence-electron chi connectivity index (χ4n) is 3.50. The molecule has 158 valence electrons. The minimum atomic E-state index is -0.641. The molecule has 0 aliphatic carbocycles. The lowest BCUT2D eigenvalue weighted by Gasteiger charge is -2.30. The van der Waals surface area contributed by atoms with Gasteiger partial charge < -0.3 is 9.47 Å². The Morgan fingerprint density at radius 3 is 2.13 bits per heavy atom. The van der Waals surface area contributed by atoms with Crippen molar-refractivity contribution in [3.63, 3.8) is 0 Å². The molecule has 0 fully saturated rings. The van der Waals surface area contributed by atoms with Crippen LogP contribution in [0.2, 0.25) is 0 Å². The van der Waals surface area contributed by atoms with Gasteiger partial charge >= 0.3 is 6.09 Å². The fraction of sp³-hybridized carbons (Fsp3) is 0.192. The van der Waals surface area contributed by atoms with E-state index >= 15 is 0 Å². The number of aromatic nitrogens is 1. The van der Waals surface area contributed by atoms with E-state index in [-0.39, 0.29) is 0 Å². The van der Waals surface area contributed by atoms with Gasteiger partial charge in [-0.25, -0.2) is 9.47 Å². The summed E-state index contributed by atoms with van der Waals surface area (Å²) < 4.78 is 13.2. The van der Waals surface area contributed by atoms with Crippen LogP contribution in [0.1, 0.15) is 20.8 Å². The molecule has 1 aromatic heterocycles. The molecule has 3 aromatic carbocycles. The normalized spacial score (nSPS) is 11.4. The molecule has 0 bridgehead atoms. The molecule has 1 heterocycles. The molecule has 0 aliphatic heterocycles. The molecule has 1 amide bonds. The summed E-state index contributed by atoms with van der Waals surface area (Å²) in [5, 5.41) is 2.57. The Labute approximate surface area is 182 Å². The van der Waals surface area contributed by atoms with E-state index in [4.69, 9.17) is 9.47 Å². The van der Waals surface area contributed by atoms with E-state index < -0.39 is 11.7 Å². The van der Waals surface area contributed by atoms with E-state index in [2.05, 4.69) is 6.07 Å². The van der Waals surface area contributed by atoms with Gasteiger partial charge in [0.25, 0.3) is 0 Å². The number of carbonyl (C=O) groups is 1. The van der Waals surface area contributed by atoms with Crippen molar-refractivity contribution in [3.8, 4) is 17.0 Å². The molecule has 0 saturated heterocycles. The minimum absolute atomic E-state index is 0.462. The second kappa shape index (κ2) is 8.19. The minimum Gasteiger partial charge on any atom is -0.497 e. The zero-order chi connectivity index (χ0) is 22.0. The second-order valence-corrected chi connectivity index (χ2v) is 8.26. The Hall–Kier alpha value is -3.73. The Balaban J connectivity index is 2.02. The number of amides is 1. The van der Waals surface area contributed by atoms with Crippen molar-refractivity contribution in [2.45, 2.75) is 26.4 Å². The van der Waals surface area contributed by atoms with E-state index in [1.54, 1.807) is 12.1 Å². The van der Waals surface area contributed by atoms with E-state index in [0.29, 0.717) is 11.4 Å². The predicted molar refractivity (Wildman–Crippen MR) is 124 cm³/mol. The molecular formula is C26H26N2O3. The standard InChI is InChI=1S/C26H26N2O3/c1-26(2,3)31-25(29)27(21-13-9-6-10-14-21)28-23(19-11-7-5-8-12-19)17-20-15-16-22(30-4)18-24(20)28/h5-18H,1-4H3. The van der Waals surface area contributed by atoms with Crippen LogP contribution in [-0.2, 0) is 4.74 Å². The smallest absolute Gasteiger partial charge is 0.434 e. The monoisotopic (exact) mass is 414 g/mol. The highest BCUT2D eigenvalue weighted by Crippen LogP contribution is 2.34. The average molecular weight is 415 g/mol. The first-order valence-electron chi connectivity index (χ1n) is 10.2. The van der Waals surface area contributed by atoms with Gasteiger partial charge in [-0.2, -0.15) is 5.01 Å². The number of anilines is 1. The van der Waals surface area contributed by atoms with Gasteiger partial charge in [0.15, 0.2) is 0 Å². The van der Waals surface area contributed by atoms with Crippen molar-refractivity contribution in [2.75, 3.05) is 12.1 Å². The average Bonchev–Trinajstić information content (AvgIpc) is 3.12. The van der Waals surface area contributed by atoms with Crippen LogP contribution < -0.4 is 9.75 Å². The van der Waals surface area contributed by atoms with Gasteiger partial charge in [0, 0.05) is 17.0 Å². The number of para-hydroxylation sites is 1. The zero-order valence-electron chi connectivity index (χ0n) is 18.2. The lowest BCUT2D eigenvalue weighted by molar-refractivity contribution is 0.0567. The van der Waals surface area contributed by atoms with Crippen LogP contribution in [0.5, 0.6) is 5.75 Å². The quantitative estimate of drug-likeness (QED) is 0.382. The topological polar surface area (TPSA) is 43.7 Å². The SMILES string of the molecule is COc1ccc2cc(-c3ccccc3)n(N(C(=O)OC(C)(C)C)c3ccccc3)c2c1. The third-order valence-corrected chi connectivity index (χ3v) is 4.82. The number of nitrogens with zero attached hydrogens (tertiary/aromatic N) is 2. The molecular weight excluding hydrogens is 388 g/mol. The Morgan fingerprint density at radius 1 is 0.871 bits per heavy atom. The second-order valence-electron chi connectivity index (χ2n) is 8.26. The molecule has 5 nitrogen and oxygen atoms in total. The molecule has 0 aliphatic rings. The number of hydrogen-bond acceptors (Lipinski definition) is 3. The van der Waals surface area contributed by atoms with Crippen LogP contribution in [0.3, 0.4) is 0 Å². The van der Waals surface area contributed by atoms with Crippen molar-refractivity contribution in [1.82, 2.24) is 4.68 Å². The molecule has 0 unspecified atom stereocenters. The van der Waals surface area contributed by atoms with Crippen molar-refractivity contribution < 1.29 is 14.3 Å². The molecule has 0 saturated carbocycles. The van der Waals surface area contributed by atoms with Gasteiger partial charge in [-0.3, -0.25) is 0 Å². The molecule has 5 heteroatoms. The third-order valence-electron chi connectivity index (χ3n) is 4.82. The van der Waals surface area contributed by atoms with E-state index in [0.717, 1.165) is 22.2 Å². The highest BCUT2D eigenvalue weighted by Gasteiger charge is 2.28. The van der Waals surface area contributed by atoms with Crippen LogP contribution in [0.15, 0.2) is 84.9 Å². The predicted octanol–water partition coefficient (Wildman–Crippen LogP) is 6.52. The van der Waals surface area contributed by atoms with Gasteiger partial charge in [0.05, 0.1) is 24.0 Å². The number of hydrogen-bond donors (Lipinski definition) is 0. The summed E-state index contributed by atoms with van der Waals surface area (Å²) in [5.41, 5.74) is 2.76. The number of benzene rings is 3. The number of ether oxygens (including phenoxy) is 2. The first-order valence-corrected chi connectivity index (χ1v) is 10.2. The number of carbonyl (C=O) groups excluding carboxylic acids is 1. The summed E-state index contributed by atoms with van der Waals surface area (Å²) in [6, 6.07) is 27.4.